The van der Waals surface area contributed by atoms with E-state index in [9.17, 15) is 4.39 Å². The molecule has 0 unspecified atom stereocenters. The van der Waals surface area contributed by atoms with Crippen LogP contribution >= 0.6 is 0 Å². The van der Waals surface area contributed by atoms with Crippen LogP contribution in [0.2, 0.25) is 0 Å². The van der Waals surface area contributed by atoms with Crippen molar-refractivity contribution in [3.05, 3.63) is 35.6 Å². The maximum Gasteiger partial charge on any atom is 0.126 e. The summed E-state index contributed by atoms with van der Waals surface area (Å²) in [4.78, 5) is 0. The Morgan fingerprint density at radius 1 is 1.27 bits per heavy atom. The molecule has 0 atom stereocenters. The molecule has 0 heterocycles. The Balaban J connectivity index is 3.14. The van der Waals surface area contributed by atoms with Gasteiger partial charge >= 0.3 is 0 Å². The van der Waals surface area contributed by atoms with E-state index >= 15 is 0 Å². The number of benzene rings is 1. The van der Waals surface area contributed by atoms with Gasteiger partial charge in [-0.05, 0) is 16.7 Å². The second-order valence-electron chi connectivity index (χ2n) is 3.73. The molecule has 0 saturated heterocycles. The first-order valence-electron chi connectivity index (χ1n) is 3.77. The van der Waals surface area contributed by atoms with Crippen molar-refractivity contribution < 1.29 is 4.39 Å². The predicted octanol–water partition coefficient (Wildman–Crippen LogP) is 1.43. The van der Waals surface area contributed by atoms with Crippen LogP contribution < -0.4 is 0 Å². The first kappa shape index (κ1) is 8.46. The quantitative estimate of drug-likeness (QED) is 0.556. The van der Waals surface area contributed by atoms with Crippen LogP contribution in [0.25, 0.3) is 0 Å². The number of rotatable bonds is 1. The Kier molecular flexibility index (Phi) is 2.14. The second kappa shape index (κ2) is 2.78. The average molecular weight is 168 g/mol. The Morgan fingerprint density at radius 2 is 1.82 bits per heavy atom. The van der Waals surface area contributed by atoms with Crippen molar-refractivity contribution in [3.63, 3.8) is 0 Å². The molecular formula is C9H13FSi. The molecule has 0 spiro atoms. The lowest BCUT2D eigenvalue weighted by molar-refractivity contribution is 0.583. The zero-order valence-corrected chi connectivity index (χ0v) is 9.19. The third-order valence-electron chi connectivity index (χ3n) is 1.68. The molecular weight excluding hydrogens is 155 g/mol. The topological polar surface area (TPSA) is 0 Å². The van der Waals surface area contributed by atoms with Gasteiger partial charge in [0, 0.05) is 10.2 Å². The summed E-state index contributed by atoms with van der Waals surface area (Å²) in [7, 11) is 0.974. The Labute approximate surface area is 69.9 Å². The number of hydrogen-bond acceptors (Lipinski definition) is 0. The fourth-order valence-corrected chi connectivity index (χ4v) is 1.47. The molecule has 0 aromatic heterocycles. The number of halogens is 1. The first-order chi connectivity index (χ1) is 5.02. The summed E-state index contributed by atoms with van der Waals surface area (Å²) in [6.07, 6.45) is 0. The Morgan fingerprint density at radius 3 is 2.18 bits per heavy atom. The molecule has 0 fully saturated rings. The molecule has 60 valence electrons. The van der Waals surface area contributed by atoms with E-state index in [0.717, 1.165) is 15.8 Å². The fourth-order valence-electron chi connectivity index (χ4n) is 1.07. The molecule has 0 aliphatic carbocycles. The van der Waals surface area contributed by atoms with Crippen LogP contribution in [0, 0.1) is 5.82 Å². The molecule has 0 aliphatic heterocycles. The van der Waals surface area contributed by atoms with E-state index in [1.807, 2.05) is 12.1 Å². The van der Waals surface area contributed by atoms with Crippen LogP contribution in [0.5, 0.6) is 0 Å². The summed E-state index contributed by atoms with van der Waals surface area (Å²) in [5.74, 6) is -0.0764. The van der Waals surface area contributed by atoms with Gasteiger partial charge in [-0.15, -0.1) is 0 Å². The van der Waals surface area contributed by atoms with E-state index in [2.05, 4.69) is 13.8 Å². The summed E-state index contributed by atoms with van der Waals surface area (Å²) in [5, 5.41) is 0.0470. The molecule has 1 aromatic rings. The van der Waals surface area contributed by atoms with Crippen molar-refractivity contribution in [2.75, 3.05) is 0 Å². The van der Waals surface area contributed by atoms with Gasteiger partial charge in [0.1, 0.15) is 5.82 Å². The van der Waals surface area contributed by atoms with Gasteiger partial charge in [-0.25, -0.2) is 4.39 Å². The van der Waals surface area contributed by atoms with Gasteiger partial charge in [0.15, 0.2) is 0 Å². The SMILES string of the molecule is CC(C)([SiH3])c1ccccc1F. The predicted molar refractivity (Wildman–Crippen MR) is 49.4 cm³/mol. The van der Waals surface area contributed by atoms with Gasteiger partial charge in [-0.1, -0.05) is 32.0 Å². The molecule has 0 radical (unpaired) electrons. The molecule has 11 heavy (non-hydrogen) atoms. The van der Waals surface area contributed by atoms with Crippen LogP contribution in [-0.4, -0.2) is 10.2 Å². The normalized spacial score (nSPS) is 11.9. The van der Waals surface area contributed by atoms with Crippen LogP contribution in [0.4, 0.5) is 4.39 Å². The van der Waals surface area contributed by atoms with Crippen LogP contribution in [0.15, 0.2) is 24.3 Å². The maximum absolute atomic E-state index is 13.1. The zero-order chi connectivity index (χ0) is 8.48. The minimum Gasteiger partial charge on any atom is -0.207 e. The van der Waals surface area contributed by atoms with Crippen LogP contribution in [0.1, 0.15) is 19.4 Å². The molecule has 0 amide bonds. The largest absolute Gasteiger partial charge is 0.207 e. The third kappa shape index (κ3) is 1.90. The Bertz CT molecular complexity index is 250. The van der Waals surface area contributed by atoms with Crippen molar-refractivity contribution in [2.45, 2.75) is 18.9 Å². The summed E-state index contributed by atoms with van der Waals surface area (Å²) in [6.45, 7) is 4.13. The molecule has 0 saturated carbocycles. The van der Waals surface area contributed by atoms with Crippen LogP contribution in [0.3, 0.4) is 0 Å². The lowest BCUT2D eigenvalue weighted by Crippen LogP contribution is -2.18. The highest BCUT2D eigenvalue weighted by Gasteiger charge is 2.16. The van der Waals surface area contributed by atoms with Gasteiger partial charge in [0.05, 0.1) is 0 Å². The van der Waals surface area contributed by atoms with Gasteiger partial charge in [-0.2, -0.15) is 0 Å². The summed E-state index contributed by atoms with van der Waals surface area (Å²) in [6, 6.07) is 7.00. The van der Waals surface area contributed by atoms with E-state index in [4.69, 9.17) is 0 Å². The van der Waals surface area contributed by atoms with Crippen molar-refractivity contribution in [3.8, 4) is 0 Å². The van der Waals surface area contributed by atoms with E-state index in [0.29, 0.717) is 0 Å². The molecule has 1 rings (SSSR count). The Hall–Kier alpha value is -0.633. The molecule has 0 aliphatic rings. The average Bonchev–Trinajstić information content (AvgIpc) is 1.86. The smallest absolute Gasteiger partial charge is 0.126 e. The lowest BCUT2D eigenvalue weighted by Gasteiger charge is -2.19. The van der Waals surface area contributed by atoms with Crippen molar-refractivity contribution in [1.82, 2.24) is 0 Å². The summed E-state index contributed by atoms with van der Waals surface area (Å²) >= 11 is 0. The van der Waals surface area contributed by atoms with Crippen LogP contribution in [-0.2, 0) is 5.04 Å². The molecule has 0 bridgehead atoms. The van der Waals surface area contributed by atoms with Gasteiger partial charge in [-0.3, -0.25) is 0 Å². The van der Waals surface area contributed by atoms with Gasteiger partial charge in [0.25, 0.3) is 0 Å². The minimum atomic E-state index is -0.0764. The van der Waals surface area contributed by atoms with E-state index in [-0.39, 0.29) is 10.9 Å². The fraction of sp³-hybridized carbons (Fsp3) is 0.333. The van der Waals surface area contributed by atoms with Gasteiger partial charge < -0.3 is 0 Å². The monoisotopic (exact) mass is 168 g/mol. The van der Waals surface area contributed by atoms with E-state index in [1.54, 1.807) is 6.07 Å². The second-order valence-corrected chi connectivity index (χ2v) is 6.23. The zero-order valence-electron chi connectivity index (χ0n) is 7.19. The lowest BCUT2D eigenvalue weighted by atomic mass is 10.0. The molecule has 2 heteroatoms. The highest BCUT2D eigenvalue weighted by Crippen LogP contribution is 2.21. The van der Waals surface area contributed by atoms with Gasteiger partial charge in [0.2, 0.25) is 0 Å². The molecule has 0 nitrogen and oxygen atoms in total. The van der Waals surface area contributed by atoms with Crippen molar-refractivity contribution in [2.24, 2.45) is 0 Å². The van der Waals surface area contributed by atoms with Crippen molar-refractivity contribution in [1.29, 1.82) is 0 Å². The first-order valence-corrected chi connectivity index (χ1v) is 4.77. The summed E-state index contributed by atoms with van der Waals surface area (Å²) < 4.78 is 13.1. The minimum absolute atomic E-state index is 0.0470. The summed E-state index contributed by atoms with van der Waals surface area (Å²) in [5.41, 5.74) is 0.840. The standard InChI is InChI=1S/C9H13FSi/c1-9(2,11)7-5-3-4-6-8(7)10/h3-6H,1-2,11H3. The van der Waals surface area contributed by atoms with E-state index < -0.39 is 0 Å². The molecule has 0 N–H and O–H groups in total. The third-order valence-corrected chi connectivity index (χ3v) is 2.22. The van der Waals surface area contributed by atoms with E-state index in [1.165, 1.54) is 6.07 Å². The molecule has 1 aromatic carbocycles. The highest BCUT2D eigenvalue weighted by atomic mass is 28.1. The maximum atomic E-state index is 13.1. The highest BCUT2D eigenvalue weighted by molar-refractivity contribution is 6.15. The number of hydrogen-bond donors (Lipinski definition) is 0. The van der Waals surface area contributed by atoms with Crippen molar-refractivity contribution >= 4 is 10.2 Å².